The van der Waals surface area contributed by atoms with Crippen molar-refractivity contribution in [1.82, 2.24) is 15.1 Å². The molecule has 2 aromatic carbocycles. The van der Waals surface area contributed by atoms with Gasteiger partial charge in [0.15, 0.2) is 0 Å². The Kier molecular flexibility index (Phi) is 8.83. The minimum atomic E-state index is -0.175. The summed E-state index contributed by atoms with van der Waals surface area (Å²) >= 11 is 6.24. The zero-order valence-electron chi connectivity index (χ0n) is 19.6. The van der Waals surface area contributed by atoms with Gasteiger partial charge in [-0.05, 0) is 68.6 Å². The third kappa shape index (κ3) is 6.73. The van der Waals surface area contributed by atoms with E-state index in [1.807, 2.05) is 53.4 Å². The van der Waals surface area contributed by atoms with Gasteiger partial charge in [-0.25, -0.2) is 0 Å². The first-order chi connectivity index (χ1) is 16.6. The summed E-state index contributed by atoms with van der Waals surface area (Å²) in [6.45, 7) is 4.13. The largest absolute Gasteiger partial charge is 0.493 e. The number of ether oxygens (including phenoxy) is 1. The third-order valence-electron chi connectivity index (χ3n) is 6.76. The summed E-state index contributed by atoms with van der Waals surface area (Å²) in [5.41, 5.74) is 1.13. The lowest BCUT2D eigenvalue weighted by Gasteiger charge is -2.33. The van der Waals surface area contributed by atoms with Crippen molar-refractivity contribution in [3.05, 3.63) is 65.2 Å². The first-order valence-electron chi connectivity index (χ1n) is 12.3. The van der Waals surface area contributed by atoms with Gasteiger partial charge in [0.25, 0.3) is 0 Å². The van der Waals surface area contributed by atoms with Gasteiger partial charge in [0.05, 0.1) is 25.0 Å². The van der Waals surface area contributed by atoms with Crippen LogP contribution in [0.15, 0.2) is 54.6 Å². The summed E-state index contributed by atoms with van der Waals surface area (Å²) in [6, 6.07) is 17.5. The fraction of sp³-hybridized carbons (Fsp3) is 0.481. The van der Waals surface area contributed by atoms with Crippen molar-refractivity contribution in [2.75, 3.05) is 39.3 Å². The fourth-order valence-corrected chi connectivity index (χ4v) is 5.11. The van der Waals surface area contributed by atoms with Crippen LogP contribution in [-0.2, 0) is 9.59 Å². The summed E-state index contributed by atoms with van der Waals surface area (Å²) < 4.78 is 5.66. The molecule has 0 saturated carbocycles. The van der Waals surface area contributed by atoms with E-state index in [0.717, 1.165) is 37.2 Å². The van der Waals surface area contributed by atoms with E-state index in [-0.39, 0.29) is 23.8 Å². The molecular weight excluding hydrogens is 450 g/mol. The van der Waals surface area contributed by atoms with E-state index >= 15 is 0 Å². The maximum Gasteiger partial charge on any atom is 0.226 e. The highest BCUT2D eigenvalue weighted by Gasteiger charge is 2.30. The van der Waals surface area contributed by atoms with E-state index in [1.54, 1.807) is 0 Å². The van der Waals surface area contributed by atoms with Gasteiger partial charge in [-0.15, -0.1) is 0 Å². The second kappa shape index (κ2) is 12.2. The number of hydrogen-bond donors (Lipinski definition) is 1. The Bertz CT molecular complexity index is 949. The van der Waals surface area contributed by atoms with Crippen LogP contribution in [-0.4, -0.2) is 60.9 Å². The van der Waals surface area contributed by atoms with Crippen LogP contribution in [0.3, 0.4) is 0 Å². The highest BCUT2D eigenvalue weighted by molar-refractivity contribution is 6.30. The number of halogens is 1. The smallest absolute Gasteiger partial charge is 0.226 e. The minimum Gasteiger partial charge on any atom is -0.493 e. The average molecular weight is 484 g/mol. The van der Waals surface area contributed by atoms with Gasteiger partial charge in [-0.1, -0.05) is 41.9 Å². The molecule has 2 atom stereocenters. The Morgan fingerprint density at radius 1 is 1.03 bits per heavy atom. The van der Waals surface area contributed by atoms with Crippen LogP contribution >= 0.6 is 11.6 Å². The maximum atomic E-state index is 13.1. The van der Waals surface area contributed by atoms with Crippen LogP contribution in [0.25, 0.3) is 0 Å². The molecule has 0 aromatic heterocycles. The lowest BCUT2D eigenvalue weighted by Crippen LogP contribution is -2.47. The van der Waals surface area contributed by atoms with Crippen molar-refractivity contribution in [3.8, 4) is 5.75 Å². The lowest BCUT2D eigenvalue weighted by molar-refractivity contribution is -0.136. The number of benzene rings is 2. The first kappa shape index (κ1) is 24.6. The number of nitrogens with one attached hydrogen (secondary N) is 1. The maximum absolute atomic E-state index is 13.1. The van der Waals surface area contributed by atoms with E-state index in [0.29, 0.717) is 37.7 Å². The predicted molar refractivity (Wildman–Crippen MR) is 134 cm³/mol. The standard InChI is InChI=1S/C27H34ClN3O3/c28-23-10-6-8-21(18-23)25(30-14-4-5-15-30)19-29-27(33)22-9-7-16-31(20-22)26(32)13-17-34-24-11-2-1-3-12-24/h1-3,6,8,10-12,18,22,25H,4-5,7,9,13-17,19-20H2,(H,29,33). The zero-order valence-corrected chi connectivity index (χ0v) is 20.4. The van der Waals surface area contributed by atoms with Gasteiger partial charge in [-0.3, -0.25) is 14.5 Å². The summed E-state index contributed by atoms with van der Waals surface area (Å²) in [5, 5.41) is 3.90. The molecule has 7 heteroatoms. The Hall–Kier alpha value is -2.57. The van der Waals surface area contributed by atoms with Crippen LogP contribution in [0.1, 0.15) is 43.7 Å². The number of para-hydroxylation sites is 1. The number of carbonyl (C=O) groups excluding carboxylic acids is 2. The molecule has 2 amide bonds. The molecule has 2 aliphatic heterocycles. The van der Waals surface area contributed by atoms with E-state index in [2.05, 4.69) is 16.3 Å². The van der Waals surface area contributed by atoms with E-state index in [9.17, 15) is 9.59 Å². The highest BCUT2D eigenvalue weighted by atomic mass is 35.5. The number of piperidine rings is 1. The minimum absolute atomic E-state index is 0.0317. The molecule has 0 bridgehead atoms. The Morgan fingerprint density at radius 3 is 2.59 bits per heavy atom. The number of likely N-dealkylation sites (tertiary alicyclic amines) is 2. The quantitative estimate of drug-likeness (QED) is 0.577. The monoisotopic (exact) mass is 483 g/mol. The van der Waals surface area contributed by atoms with Gasteiger partial charge in [0.2, 0.25) is 11.8 Å². The Morgan fingerprint density at radius 2 is 1.82 bits per heavy atom. The number of hydrogen-bond acceptors (Lipinski definition) is 4. The van der Waals surface area contributed by atoms with Crippen LogP contribution in [0, 0.1) is 5.92 Å². The third-order valence-corrected chi connectivity index (χ3v) is 6.99. The van der Waals surface area contributed by atoms with Crippen LogP contribution in [0.5, 0.6) is 5.75 Å². The molecule has 2 heterocycles. The van der Waals surface area contributed by atoms with Gasteiger partial charge < -0.3 is 15.0 Å². The van der Waals surface area contributed by atoms with Gasteiger partial charge in [0.1, 0.15) is 5.75 Å². The molecule has 4 rings (SSSR count). The molecule has 0 aliphatic carbocycles. The number of amides is 2. The van der Waals surface area contributed by atoms with Crippen molar-refractivity contribution >= 4 is 23.4 Å². The highest BCUT2D eigenvalue weighted by Crippen LogP contribution is 2.27. The second-order valence-electron chi connectivity index (χ2n) is 9.15. The number of carbonyl (C=O) groups is 2. The zero-order chi connectivity index (χ0) is 23.8. The van der Waals surface area contributed by atoms with Crippen molar-refractivity contribution in [2.24, 2.45) is 5.92 Å². The summed E-state index contributed by atoms with van der Waals surface area (Å²) in [4.78, 5) is 30.0. The van der Waals surface area contributed by atoms with Crippen molar-refractivity contribution < 1.29 is 14.3 Å². The molecule has 2 aromatic rings. The van der Waals surface area contributed by atoms with Crippen molar-refractivity contribution in [3.63, 3.8) is 0 Å². The van der Waals surface area contributed by atoms with Gasteiger partial charge in [0, 0.05) is 24.7 Å². The van der Waals surface area contributed by atoms with Crippen LogP contribution < -0.4 is 10.1 Å². The molecule has 2 saturated heterocycles. The molecular formula is C27H34ClN3O3. The van der Waals surface area contributed by atoms with Crippen molar-refractivity contribution in [2.45, 2.75) is 38.1 Å². The van der Waals surface area contributed by atoms with E-state index in [1.165, 1.54) is 12.8 Å². The van der Waals surface area contributed by atoms with Gasteiger partial charge in [-0.2, -0.15) is 0 Å². The van der Waals surface area contributed by atoms with Crippen molar-refractivity contribution in [1.29, 1.82) is 0 Å². The summed E-state index contributed by atoms with van der Waals surface area (Å²) in [7, 11) is 0. The van der Waals surface area contributed by atoms with Crippen LogP contribution in [0.2, 0.25) is 5.02 Å². The molecule has 34 heavy (non-hydrogen) atoms. The van der Waals surface area contributed by atoms with E-state index < -0.39 is 0 Å². The summed E-state index contributed by atoms with van der Waals surface area (Å²) in [6.07, 6.45) is 4.32. The molecule has 1 N–H and O–H groups in total. The predicted octanol–water partition coefficient (Wildman–Crippen LogP) is 4.30. The second-order valence-corrected chi connectivity index (χ2v) is 9.59. The first-order valence-corrected chi connectivity index (χ1v) is 12.7. The van der Waals surface area contributed by atoms with Crippen LogP contribution in [0.4, 0.5) is 0 Å². The fourth-order valence-electron chi connectivity index (χ4n) is 4.92. The SMILES string of the molecule is O=C(NCC(c1cccc(Cl)c1)N1CCCC1)C1CCCN(C(=O)CCOc2ccccc2)C1. The topological polar surface area (TPSA) is 61.9 Å². The Balaban J connectivity index is 1.28. The average Bonchev–Trinajstić information content (AvgIpc) is 3.39. The van der Waals surface area contributed by atoms with E-state index in [4.69, 9.17) is 16.3 Å². The molecule has 2 aliphatic rings. The molecule has 6 nitrogen and oxygen atoms in total. The van der Waals surface area contributed by atoms with Gasteiger partial charge >= 0.3 is 0 Å². The molecule has 2 fully saturated rings. The normalized spacial score (nSPS) is 19.6. The lowest BCUT2D eigenvalue weighted by atomic mass is 9.96. The molecule has 182 valence electrons. The molecule has 2 unspecified atom stereocenters. The summed E-state index contributed by atoms with van der Waals surface area (Å²) in [5.74, 6) is 0.663. The Labute approximate surface area is 207 Å². The number of nitrogens with zero attached hydrogens (tertiary/aromatic N) is 2. The number of rotatable bonds is 9. The molecule has 0 radical (unpaired) electrons. The molecule has 0 spiro atoms.